The van der Waals surface area contributed by atoms with Crippen molar-refractivity contribution in [2.24, 2.45) is 0 Å². The number of nitrogen functional groups attached to an aromatic ring is 1. The van der Waals surface area contributed by atoms with Gasteiger partial charge in [0.25, 0.3) is 0 Å². The minimum absolute atomic E-state index is 0.460. The van der Waals surface area contributed by atoms with Crippen molar-refractivity contribution in [2.45, 2.75) is 12.3 Å². The van der Waals surface area contributed by atoms with Gasteiger partial charge in [0.05, 0.1) is 16.8 Å². The minimum atomic E-state index is -0.460. The number of nitrogens with two attached hydrogens (primary N) is 1. The lowest BCUT2D eigenvalue weighted by Crippen LogP contribution is -2.26. The minimum Gasteiger partial charge on any atom is -0.397 e. The SMILES string of the molecule is Cc1ccccc1.Nc1cc(-c2cc3c(c4ccccc24)-c2ccc4ccccc4c2C32c3ccccc3-c3ccccc32)ccc1Nc1ccccc1. The van der Waals surface area contributed by atoms with E-state index in [1.807, 2.05) is 36.4 Å². The number of aryl methyl sites for hydroxylation is 1. The summed E-state index contributed by atoms with van der Waals surface area (Å²) in [5.41, 5.74) is 23.2. The molecule has 9 aromatic rings. The summed E-state index contributed by atoms with van der Waals surface area (Å²) in [6, 6.07) is 69.9. The van der Waals surface area contributed by atoms with Crippen LogP contribution in [0.25, 0.3) is 54.9 Å². The zero-order chi connectivity index (χ0) is 36.2. The van der Waals surface area contributed by atoms with Crippen LogP contribution in [0.3, 0.4) is 0 Å². The lowest BCUT2D eigenvalue weighted by molar-refractivity contribution is 0.802. The molecule has 3 N–H and O–H groups in total. The number of fused-ring (bicyclic) bond motifs is 14. The summed E-state index contributed by atoms with van der Waals surface area (Å²) in [5.74, 6) is 0. The highest BCUT2D eigenvalue weighted by Crippen LogP contribution is 2.65. The van der Waals surface area contributed by atoms with E-state index in [1.165, 1.54) is 77.2 Å². The van der Waals surface area contributed by atoms with Gasteiger partial charge in [0.2, 0.25) is 0 Å². The zero-order valence-corrected chi connectivity index (χ0v) is 30.1. The molecular weight excluding hydrogens is 653 g/mol. The average Bonchev–Trinajstić information content (AvgIpc) is 3.70. The van der Waals surface area contributed by atoms with Crippen molar-refractivity contribution in [3.63, 3.8) is 0 Å². The van der Waals surface area contributed by atoms with E-state index < -0.39 is 5.41 Å². The molecular formula is C52H38N2. The van der Waals surface area contributed by atoms with Gasteiger partial charge in [0.1, 0.15) is 0 Å². The maximum absolute atomic E-state index is 6.77. The molecule has 9 aromatic carbocycles. The quantitative estimate of drug-likeness (QED) is 0.181. The fraction of sp³-hybridized carbons (Fsp3) is 0.0385. The van der Waals surface area contributed by atoms with Crippen molar-refractivity contribution in [3.8, 4) is 33.4 Å². The van der Waals surface area contributed by atoms with Crippen LogP contribution in [0.2, 0.25) is 0 Å². The molecule has 0 amide bonds. The van der Waals surface area contributed by atoms with Crippen LogP contribution in [-0.4, -0.2) is 0 Å². The van der Waals surface area contributed by atoms with E-state index >= 15 is 0 Å². The number of hydrogen-bond donors (Lipinski definition) is 2. The Hall–Kier alpha value is -6.90. The first-order valence-electron chi connectivity index (χ1n) is 18.6. The van der Waals surface area contributed by atoms with Crippen molar-refractivity contribution >= 4 is 38.6 Å². The van der Waals surface area contributed by atoms with E-state index in [2.05, 4.69) is 170 Å². The van der Waals surface area contributed by atoms with Crippen LogP contribution < -0.4 is 11.1 Å². The summed E-state index contributed by atoms with van der Waals surface area (Å²) in [5, 5.41) is 8.55. The topological polar surface area (TPSA) is 38.0 Å². The number of rotatable bonds is 3. The van der Waals surface area contributed by atoms with Crippen LogP contribution in [-0.2, 0) is 5.41 Å². The third-order valence-corrected chi connectivity index (χ3v) is 11.3. The van der Waals surface area contributed by atoms with Crippen LogP contribution in [0.1, 0.15) is 27.8 Å². The molecule has 0 heterocycles. The smallest absolute Gasteiger partial charge is 0.0731 e. The van der Waals surface area contributed by atoms with Crippen LogP contribution in [0, 0.1) is 6.92 Å². The maximum atomic E-state index is 6.77. The molecule has 256 valence electrons. The van der Waals surface area contributed by atoms with Crippen molar-refractivity contribution in [2.75, 3.05) is 11.1 Å². The van der Waals surface area contributed by atoms with E-state index in [0.29, 0.717) is 0 Å². The molecule has 2 aliphatic carbocycles. The molecule has 0 aromatic heterocycles. The number of anilines is 3. The van der Waals surface area contributed by atoms with Gasteiger partial charge < -0.3 is 11.1 Å². The summed E-state index contributed by atoms with van der Waals surface area (Å²) in [6.45, 7) is 2.08. The van der Waals surface area contributed by atoms with Crippen molar-refractivity contribution in [1.82, 2.24) is 0 Å². The van der Waals surface area contributed by atoms with Gasteiger partial charge in [0, 0.05) is 5.69 Å². The Morgan fingerprint density at radius 1 is 0.444 bits per heavy atom. The highest BCUT2D eigenvalue weighted by atomic mass is 14.9. The molecule has 2 nitrogen and oxygen atoms in total. The van der Waals surface area contributed by atoms with Gasteiger partial charge in [0.15, 0.2) is 0 Å². The number of benzene rings is 9. The summed E-state index contributed by atoms with van der Waals surface area (Å²) >= 11 is 0. The predicted octanol–water partition coefficient (Wildman–Crippen LogP) is 13.3. The Bertz CT molecular complexity index is 2830. The molecule has 0 unspecified atom stereocenters. The maximum Gasteiger partial charge on any atom is 0.0731 e. The third-order valence-electron chi connectivity index (χ3n) is 11.3. The summed E-state index contributed by atoms with van der Waals surface area (Å²) in [4.78, 5) is 0. The number of para-hydroxylation sites is 1. The van der Waals surface area contributed by atoms with E-state index in [-0.39, 0.29) is 0 Å². The van der Waals surface area contributed by atoms with Gasteiger partial charge in [-0.15, -0.1) is 0 Å². The summed E-state index contributed by atoms with van der Waals surface area (Å²) < 4.78 is 0. The molecule has 0 fully saturated rings. The molecule has 0 bridgehead atoms. The molecule has 54 heavy (non-hydrogen) atoms. The van der Waals surface area contributed by atoms with Gasteiger partial charge >= 0.3 is 0 Å². The Morgan fingerprint density at radius 2 is 1.04 bits per heavy atom. The van der Waals surface area contributed by atoms with E-state index in [1.54, 1.807) is 0 Å². The van der Waals surface area contributed by atoms with E-state index in [4.69, 9.17) is 5.73 Å². The van der Waals surface area contributed by atoms with Crippen LogP contribution in [0.4, 0.5) is 17.1 Å². The fourth-order valence-corrected chi connectivity index (χ4v) is 9.07. The Labute approximate surface area is 316 Å². The molecule has 0 aliphatic heterocycles. The van der Waals surface area contributed by atoms with Crippen LogP contribution in [0.5, 0.6) is 0 Å². The lowest BCUT2D eigenvalue weighted by atomic mass is 9.69. The molecule has 11 rings (SSSR count). The molecule has 0 saturated carbocycles. The van der Waals surface area contributed by atoms with Gasteiger partial charge in [-0.25, -0.2) is 0 Å². The first-order valence-corrected chi connectivity index (χ1v) is 18.6. The van der Waals surface area contributed by atoms with E-state index in [9.17, 15) is 0 Å². The van der Waals surface area contributed by atoms with Gasteiger partial charge in [-0.05, 0) is 114 Å². The molecule has 0 atom stereocenters. The normalized spacial score (nSPS) is 12.8. The molecule has 1 spiro atoms. The summed E-state index contributed by atoms with van der Waals surface area (Å²) in [6.07, 6.45) is 0. The molecule has 0 saturated heterocycles. The highest BCUT2D eigenvalue weighted by Gasteiger charge is 2.53. The van der Waals surface area contributed by atoms with Crippen LogP contribution >= 0.6 is 0 Å². The van der Waals surface area contributed by atoms with Gasteiger partial charge in [-0.1, -0.05) is 169 Å². The second kappa shape index (κ2) is 12.6. The Morgan fingerprint density at radius 3 is 1.70 bits per heavy atom. The first kappa shape index (κ1) is 31.8. The molecule has 2 aliphatic rings. The Balaban J connectivity index is 0.000000467. The fourth-order valence-electron chi connectivity index (χ4n) is 9.07. The summed E-state index contributed by atoms with van der Waals surface area (Å²) in [7, 11) is 0. The standard InChI is InChI=1S/C45H30N2.C7H8/c46-41-26-29(23-25-42(41)47-30-13-2-1-3-14-30)37-27-40-43(35-19-7-6-16-32(35)37)36-24-22-28-12-4-5-15-31(28)44(36)45(40)38-20-10-8-17-33(38)34-18-9-11-21-39(34)45;1-7-5-3-2-4-6-7/h1-27,47H,46H2;2-6H,1H3. The van der Waals surface area contributed by atoms with Crippen molar-refractivity contribution in [3.05, 3.63) is 222 Å². The van der Waals surface area contributed by atoms with Crippen molar-refractivity contribution < 1.29 is 0 Å². The second-order valence-electron chi connectivity index (χ2n) is 14.4. The predicted molar refractivity (Wildman–Crippen MR) is 229 cm³/mol. The second-order valence-corrected chi connectivity index (χ2v) is 14.4. The first-order chi connectivity index (χ1) is 26.6. The molecule has 2 heteroatoms. The largest absolute Gasteiger partial charge is 0.397 e. The monoisotopic (exact) mass is 690 g/mol. The van der Waals surface area contributed by atoms with Crippen molar-refractivity contribution in [1.29, 1.82) is 0 Å². The van der Waals surface area contributed by atoms with Crippen LogP contribution in [0.15, 0.2) is 194 Å². The number of nitrogens with one attached hydrogen (secondary N) is 1. The molecule has 0 radical (unpaired) electrons. The zero-order valence-electron chi connectivity index (χ0n) is 30.1. The number of hydrogen-bond acceptors (Lipinski definition) is 2. The highest BCUT2D eigenvalue weighted by molar-refractivity contribution is 6.14. The van der Waals surface area contributed by atoms with E-state index in [0.717, 1.165) is 22.6 Å². The Kier molecular flexibility index (Phi) is 7.45. The lowest BCUT2D eigenvalue weighted by Gasteiger charge is -2.32. The van der Waals surface area contributed by atoms with Gasteiger partial charge in [-0.3, -0.25) is 0 Å². The third kappa shape index (κ3) is 4.81. The average molecular weight is 691 g/mol. The van der Waals surface area contributed by atoms with Gasteiger partial charge in [-0.2, -0.15) is 0 Å².